The van der Waals surface area contributed by atoms with Gasteiger partial charge in [0, 0.05) is 24.0 Å². The number of amides is 1. The van der Waals surface area contributed by atoms with Crippen molar-refractivity contribution in [2.45, 2.75) is 24.5 Å². The number of pyridine rings is 1. The van der Waals surface area contributed by atoms with Crippen LogP contribution in [0.3, 0.4) is 0 Å². The van der Waals surface area contributed by atoms with Crippen molar-refractivity contribution >= 4 is 21.5 Å². The van der Waals surface area contributed by atoms with Gasteiger partial charge in [0.1, 0.15) is 11.9 Å². The zero-order valence-electron chi connectivity index (χ0n) is 20.9. The predicted molar refractivity (Wildman–Crippen MR) is 143 cm³/mol. The van der Waals surface area contributed by atoms with Crippen LogP contribution in [0, 0.1) is 18.4 Å². The summed E-state index contributed by atoms with van der Waals surface area (Å²) in [5.74, 6) is 2.73. The zero-order valence-corrected chi connectivity index (χ0v) is 21.7. The lowest BCUT2D eigenvalue weighted by atomic mass is 9.98. The van der Waals surface area contributed by atoms with Crippen LogP contribution in [0.5, 0.6) is 0 Å². The second kappa shape index (κ2) is 11.0. The molecule has 0 radical (unpaired) electrons. The normalized spacial score (nSPS) is 12.7. The molecule has 0 saturated heterocycles. The number of nitriles is 1. The van der Waals surface area contributed by atoms with E-state index in [1.165, 1.54) is 53.8 Å². The minimum atomic E-state index is -4.63. The van der Waals surface area contributed by atoms with Crippen molar-refractivity contribution in [2.24, 2.45) is 0 Å². The average Bonchev–Trinajstić information content (AvgIpc) is 2.92. The van der Waals surface area contributed by atoms with E-state index >= 15 is 0 Å². The van der Waals surface area contributed by atoms with Gasteiger partial charge in [-0.15, -0.1) is 0 Å². The Bertz CT molecular complexity index is 1780. The van der Waals surface area contributed by atoms with Gasteiger partial charge < -0.3 is 9.88 Å². The molecule has 9 nitrogen and oxygen atoms in total. The monoisotopic (exact) mass is 566 g/mol. The molecule has 0 aliphatic heterocycles. The number of hydrogen-bond acceptors (Lipinski definition) is 6. The highest BCUT2D eigenvalue weighted by atomic mass is 32.2. The zero-order chi connectivity index (χ0) is 29.1. The minimum absolute atomic E-state index is 0.00378. The average molecular weight is 567 g/mol. The Kier molecular flexibility index (Phi) is 7.74. The molecule has 2 heterocycles. The summed E-state index contributed by atoms with van der Waals surface area (Å²) in [6.45, 7) is 1.53. The van der Waals surface area contributed by atoms with Gasteiger partial charge in [0.2, 0.25) is 5.43 Å². The molecule has 0 saturated carbocycles. The van der Waals surface area contributed by atoms with Crippen LogP contribution in [0.2, 0.25) is 0 Å². The summed E-state index contributed by atoms with van der Waals surface area (Å²) in [6, 6.07) is 10.4. The molecule has 1 amide bonds. The highest BCUT2D eigenvalue weighted by Gasteiger charge is 2.31. The van der Waals surface area contributed by atoms with E-state index in [0.717, 1.165) is 12.1 Å². The Morgan fingerprint density at radius 2 is 1.82 bits per heavy atom. The first kappa shape index (κ1) is 28.1. The fourth-order valence-electron chi connectivity index (χ4n) is 3.98. The van der Waals surface area contributed by atoms with Crippen LogP contribution in [0.15, 0.2) is 83.1 Å². The molecule has 4 rings (SSSR count). The van der Waals surface area contributed by atoms with Crippen LogP contribution in [0.4, 0.5) is 13.2 Å². The lowest BCUT2D eigenvalue weighted by molar-refractivity contribution is -0.137. The van der Waals surface area contributed by atoms with Crippen LogP contribution in [0.1, 0.15) is 27.2 Å². The Morgan fingerprint density at radius 3 is 2.45 bits per heavy atom. The van der Waals surface area contributed by atoms with Gasteiger partial charge in [0.15, 0.2) is 6.19 Å². The quantitative estimate of drug-likeness (QED) is 0.200. The van der Waals surface area contributed by atoms with Gasteiger partial charge in [0.05, 0.1) is 38.2 Å². The van der Waals surface area contributed by atoms with Crippen molar-refractivity contribution in [1.82, 2.24) is 24.6 Å². The van der Waals surface area contributed by atoms with Crippen molar-refractivity contribution in [3.05, 3.63) is 106 Å². The van der Waals surface area contributed by atoms with Gasteiger partial charge in [-0.25, -0.2) is 18.9 Å². The number of alkyl halides is 3. The highest BCUT2D eigenvalue weighted by Crippen LogP contribution is 2.32. The van der Waals surface area contributed by atoms with Gasteiger partial charge in [0.25, 0.3) is 5.91 Å². The third kappa shape index (κ3) is 5.87. The molecule has 1 unspecified atom stereocenters. The number of carbonyl (C=O) groups excluding carboxylic acids is 1. The van der Waals surface area contributed by atoms with Crippen LogP contribution in [0.25, 0.3) is 16.8 Å². The molecule has 2 N–H and O–H groups in total. The Hall–Kier alpha value is -4.96. The van der Waals surface area contributed by atoms with Crippen LogP contribution >= 0.6 is 0 Å². The van der Waals surface area contributed by atoms with E-state index in [4.69, 9.17) is 5.26 Å². The van der Waals surface area contributed by atoms with E-state index in [-0.39, 0.29) is 33.8 Å². The van der Waals surface area contributed by atoms with E-state index in [9.17, 15) is 27.0 Å². The number of nitrogens with zero attached hydrogens (tertiary/aromatic N) is 4. The predicted octanol–water partition coefficient (Wildman–Crippen LogP) is 3.61. The number of nitrogens with one attached hydrogen (secondary N) is 2. The molecule has 2 aromatic heterocycles. The summed E-state index contributed by atoms with van der Waals surface area (Å²) in [4.78, 5) is 34.9. The number of hydrogen-bond donors (Lipinski definition) is 2. The highest BCUT2D eigenvalue weighted by molar-refractivity contribution is 7.98. The molecule has 0 aliphatic rings. The Morgan fingerprint density at radius 1 is 1.15 bits per heavy atom. The topological polar surface area (TPSA) is 130 Å². The Balaban J connectivity index is 1.74. The summed E-state index contributed by atoms with van der Waals surface area (Å²) in [6.07, 6.45) is 2.41. The molecule has 204 valence electrons. The first-order chi connectivity index (χ1) is 18.9. The Labute approximate surface area is 227 Å². The molecule has 40 heavy (non-hydrogen) atoms. The summed E-state index contributed by atoms with van der Waals surface area (Å²) in [5, 5.41) is 11.4. The maximum absolute atomic E-state index is 13.5. The molecular formula is C27H21F3N6O3S. The van der Waals surface area contributed by atoms with Gasteiger partial charge in [-0.05, 0) is 48.2 Å². The molecule has 13 heteroatoms. The fraction of sp³-hybridized carbons (Fsp3) is 0.111. The van der Waals surface area contributed by atoms with Gasteiger partial charge in [-0.3, -0.25) is 9.59 Å². The summed E-state index contributed by atoms with van der Waals surface area (Å²) in [5.41, 5.74) is -0.818. The SMILES string of the molecule is C=S(=O)(NC#N)c1ccc(CNC(=O)c2cn(-c3cncnc3)c(C)c(-c3cccc(C(F)(F)F)c3)c2=O)cc1. The first-order valence-electron chi connectivity index (χ1n) is 11.5. The van der Waals surface area contributed by atoms with Crippen molar-refractivity contribution in [3.8, 4) is 23.0 Å². The van der Waals surface area contributed by atoms with E-state index in [2.05, 4.69) is 25.9 Å². The lowest BCUT2D eigenvalue weighted by Gasteiger charge is -2.17. The number of rotatable bonds is 7. The van der Waals surface area contributed by atoms with E-state index < -0.39 is 32.8 Å². The third-order valence-corrected chi connectivity index (χ3v) is 7.42. The molecule has 1 atom stereocenters. The van der Waals surface area contributed by atoms with Crippen molar-refractivity contribution < 1.29 is 22.2 Å². The summed E-state index contributed by atoms with van der Waals surface area (Å²) >= 11 is 0. The van der Waals surface area contributed by atoms with Gasteiger partial charge >= 0.3 is 6.18 Å². The second-order valence-electron chi connectivity index (χ2n) is 8.59. The van der Waals surface area contributed by atoms with Crippen molar-refractivity contribution in [1.29, 1.82) is 5.26 Å². The molecule has 0 bridgehead atoms. The fourth-order valence-corrected chi connectivity index (χ4v) is 4.82. The minimum Gasteiger partial charge on any atom is -0.348 e. The molecular weight excluding hydrogens is 545 g/mol. The van der Waals surface area contributed by atoms with E-state index in [1.807, 2.05) is 0 Å². The van der Waals surface area contributed by atoms with Crippen LogP contribution in [-0.2, 0) is 22.4 Å². The van der Waals surface area contributed by atoms with Crippen LogP contribution < -0.4 is 15.5 Å². The van der Waals surface area contributed by atoms with E-state index in [1.54, 1.807) is 25.2 Å². The smallest absolute Gasteiger partial charge is 0.348 e. The molecule has 2 aromatic carbocycles. The molecule has 0 spiro atoms. The maximum atomic E-state index is 13.5. The first-order valence-corrected chi connectivity index (χ1v) is 13.2. The van der Waals surface area contributed by atoms with Crippen molar-refractivity contribution in [2.75, 3.05) is 0 Å². The van der Waals surface area contributed by atoms with Crippen molar-refractivity contribution in [3.63, 3.8) is 0 Å². The van der Waals surface area contributed by atoms with Gasteiger partial charge in [-0.2, -0.15) is 18.4 Å². The van der Waals surface area contributed by atoms with Crippen LogP contribution in [-0.4, -0.2) is 30.5 Å². The third-order valence-electron chi connectivity index (χ3n) is 5.97. The number of aromatic nitrogens is 3. The molecule has 0 aliphatic carbocycles. The molecule has 0 fully saturated rings. The molecule has 4 aromatic rings. The maximum Gasteiger partial charge on any atom is 0.416 e. The number of halogens is 3. The standard InChI is InChI=1S/C27H21F3N6O3S/c1-17-24(19-4-3-5-20(10-19)27(28,29)30)25(37)23(14-36(17)21-12-32-16-33-13-21)26(38)34-11-18-6-8-22(9-7-18)40(2,39)35-15-31/h3-10,12-14,16H,2,11H2,1H3,(H,34,38)(H,35,39). The largest absolute Gasteiger partial charge is 0.416 e. The summed E-state index contributed by atoms with van der Waals surface area (Å²) < 4.78 is 56.2. The van der Waals surface area contributed by atoms with E-state index in [0.29, 0.717) is 11.3 Å². The lowest BCUT2D eigenvalue weighted by Crippen LogP contribution is -2.30. The van der Waals surface area contributed by atoms with Gasteiger partial charge in [-0.1, -0.05) is 24.3 Å². The number of benzene rings is 2. The number of carbonyl (C=O) groups is 1. The summed E-state index contributed by atoms with van der Waals surface area (Å²) in [7, 11) is -3.01. The second-order valence-corrected chi connectivity index (χ2v) is 10.6.